The molecular formula is C24H28N3O7S-. The van der Waals surface area contributed by atoms with Crippen LogP contribution in [0.3, 0.4) is 0 Å². The molecule has 1 atom stereocenters. The first-order chi connectivity index (χ1) is 16.9. The van der Waals surface area contributed by atoms with Gasteiger partial charge in [-0.2, -0.15) is 0 Å². The summed E-state index contributed by atoms with van der Waals surface area (Å²) in [4.78, 5) is 28.6. The molecule has 188 valence electrons. The van der Waals surface area contributed by atoms with E-state index in [0.717, 1.165) is 21.2 Å². The number of carboxylic acid groups (broad SMARTS) is 1. The molecule has 0 aromatic heterocycles. The molecule has 2 fully saturated rings. The highest BCUT2D eigenvalue weighted by Crippen LogP contribution is 2.36. The number of methoxy groups -OCH3 is 1. The van der Waals surface area contributed by atoms with Gasteiger partial charge < -0.3 is 28.9 Å². The normalized spacial score (nSPS) is 18.6. The average molecular weight is 503 g/mol. The molecule has 0 radical (unpaired) electrons. The molecule has 2 saturated heterocycles. The smallest absolute Gasteiger partial charge is 0.330 e. The Labute approximate surface area is 206 Å². The minimum atomic E-state index is -2.84. The third kappa shape index (κ3) is 5.12. The van der Waals surface area contributed by atoms with Gasteiger partial charge >= 0.3 is 12.0 Å². The molecular weight excluding hydrogens is 474 g/mol. The van der Waals surface area contributed by atoms with Gasteiger partial charge in [-0.3, -0.25) is 8.51 Å². The fourth-order valence-electron chi connectivity index (χ4n) is 4.57. The number of carbonyl (C=O) groups excluding carboxylic acids is 1. The van der Waals surface area contributed by atoms with Crippen LogP contribution in [0.1, 0.15) is 12.8 Å². The van der Waals surface area contributed by atoms with E-state index >= 15 is 0 Å². The van der Waals surface area contributed by atoms with E-state index in [4.69, 9.17) is 9.47 Å². The van der Waals surface area contributed by atoms with Gasteiger partial charge in [0.15, 0.2) is 5.54 Å². The standard InChI is InChI=1S/C24H29N3O7S/c1-33-21-8-4-19(5-9-21)18-2-6-20(7-3-18)27(35(31)32)24(22(28)29)10-12-25(13-11-24)23(30)26-14-16-34-17-15-26/h2-9H,10-17H2,1H3,(H,28,29)(H,31,32)/p-1. The van der Waals surface area contributed by atoms with Gasteiger partial charge in [-0.15, -0.1) is 0 Å². The van der Waals surface area contributed by atoms with Crippen molar-refractivity contribution in [3.63, 3.8) is 0 Å². The number of hydrogen-bond donors (Lipinski definition) is 1. The Kier molecular flexibility index (Phi) is 7.58. The first kappa shape index (κ1) is 25.0. The monoisotopic (exact) mass is 502 g/mol. The van der Waals surface area contributed by atoms with Crippen molar-refractivity contribution in [3.8, 4) is 16.9 Å². The predicted octanol–water partition coefficient (Wildman–Crippen LogP) is 2.33. The van der Waals surface area contributed by atoms with E-state index in [0.29, 0.717) is 26.3 Å². The van der Waals surface area contributed by atoms with Crippen molar-refractivity contribution in [3.05, 3.63) is 48.5 Å². The summed E-state index contributed by atoms with van der Waals surface area (Å²) in [7, 11) is 1.59. The third-order valence-electron chi connectivity index (χ3n) is 6.60. The molecule has 0 bridgehead atoms. The molecule has 0 aliphatic carbocycles. The van der Waals surface area contributed by atoms with Crippen LogP contribution in [0.5, 0.6) is 5.75 Å². The fraction of sp³-hybridized carbons (Fsp3) is 0.417. The Morgan fingerprint density at radius 2 is 1.49 bits per heavy atom. The van der Waals surface area contributed by atoms with Gasteiger partial charge in [0.1, 0.15) is 5.75 Å². The zero-order valence-corrected chi connectivity index (χ0v) is 20.2. The van der Waals surface area contributed by atoms with E-state index in [9.17, 15) is 23.5 Å². The summed E-state index contributed by atoms with van der Waals surface area (Å²) in [6.45, 7) is 2.18. The highest BCUT2D eigenvalue weighted by atomic mass is 32.2. The van der Waals surface area contributed by atoms with Crippen molar-refractivity contribution < 1.29 is 32.9 Å². The number of anilines is 1. The van der Waals surface area contributed by atoms with Crippen molar-refractivity contribution in [1.29, 1.82) is 0 Å². The quantitative estimate of drug-likeness (QED) is 0.602. The Morgan fingerprint density at radius 1 is 0.971 bits per heavy atom. The number of morpholine rings is 1. The van der Waals surface area contributed by atoms with Crippen molar-refractivity contribution >= 4 is 29.0 Å². The second-order valence-corrected chi connectivity index (χ2v) is 9.29. The Hall–Kier alpha value is -3.15. The molecule has 2 aromatic carbocycles. The van der Waals surface area contributed by atoms with E-state index in [-0.39, 0.29) is 37.6 Å². The summed E-state index contributed by atoms with van der Waals surface area (Å²) < 4.78 is 36.1. The number of piperidine rings is 1. The van der Waals surface area contributed by atoms with Gasteiger partial charge in [-0.05, 0) is 35.4 Å². The molecule has 10 nitrogen and oxygen atoms in total. The zero-order valence-electron chi connectivity index (χ0n) is 19.4. The molecule has 0 spiro atoms. The second kappa shape index (κ2) is 10.6. The number of hydrogen-bond acceptors (Lipinski definition) is 6. The summed E-state index contributed by atoms with van der Waals surface area (Å²) in [6, 6.07) is 14.0. The number of likely N-dealkylation sites (tertiary alicyclic amines) is 1. The van der Waals surface area contributed by atoms with Crippen LogP contribution in [0.15, 0.2) is 48.5 Å². The van der Waals surface area contributed by atoms with Crippen molar-refractivity contribution in [2.45, 2.75) is 18.4 Å². The summed E-state index contributed by atoms with van der Waals surface area (Å²) in [5.74, 6) is -0.514. The molecule has 2 aliphatic rings. The topological polar surface area (TPSA) is 123 Å². The summed E-state index contributed by atoms with van der Waals surface area (Å²) >= 11 is -2.84. The van der Waals surface area contributed by atoms with Gasteiger partial charge in [0.05, 0.1) is 20.3 Å². The molecule has 2 aromatic rings. The second-order valence-electron chi connectivity index (χ2n) is 8.49. The molecule has 2 aliphatic heterocycles. The van der Waals surface area contributed by atoms with Gasteiger partial charge in [0, 0.05) is 56.0 Å². The fourth-order valence-corrected chi connectivity index (χ4v) is 5.41. The van der Waals surface area contributed by atoms with Crippen molar-refractivity contribution in [2.24, 2.45) is 0 Å². The van der Waals surface area contributed by atoms with Crippen LogP contribution in [0.25, 0.3) is 11.1 Å². The van der Waals surface area contributed by atoms with E-state index in [1.807, 2.05) is 24.3 Å². The van der Waals surface area contributed by atoms with E-state index < -0.39 is 22.8 Å². The van der Waals surface area contributed by atoms with Crippen LogP contribution in [0.4, 0.5) is 10.5 Å². The van der Waals surface area contributed by atoms with Gasteiger partial charge in [0.25, 0.3) is 0 Å². The van der Waals surface area contributed by atoms with E-state index in [1.54, 1.807) is 41.2 Å². The maximum Gasteiger partial charge on any atom is 0.330 e. The number of aliphatic carboxylic acids is 1. The Bertz CT molecular complexity index is 1060. The third-order valence-corrected chi connectivity index (χ3v) is 7.46. The SMILES string of the molecule is COc1ccc(-c2ccc(N(S(=O)[O-])C3(C(=O)O)CCN(C(=O)N4CCOCC4)CC3)cc2)cc1. The summed E-state index contributed by atoms with van der Waals surface area (Å²) in [5, 5.41) is 10.2. The van der Waals surface area contributed by atoms with Gasteiger partial charge in [-0.1, -0.05) is 24.3 Å². The van der Waals surface area contributed by atoms with Gasteiger partial charge in [-0.25, -0.2) is 9.59 Å². The maximum absolute atomic E-state index is 12.8. The molecule has 2 heterocycles. The summed E-state index contributed by atoms with van der Waals surface area (Å²) in [5.41, 5.74) is 0.333. The van der Waals surface area contributed by atoms with Crippen LogP contribution in [-0.4, -0.2) is 87.7 Å². The Morgan fingerprint density at radius 3 is 1.97 bits per heavy atom. The number of nitrogens with zero attached hydrogens (tertiary/aromatic N) is 3. The molecule has 1 N–H and O–H groups in total. The van der Waals surface area contributed by atoms with Crippen LogP contribution >= 0.6 is 0 Å². The molecule has 11 heteroatoms. The molecule has 35 heavy (non-hydrogen) atoms. The number of amides is 2. The minimum Gasteiger partial charge on any atom is -0.755 e. The Balaban J connectivity index is 1.54. The number of carbonyl (C=O) groups is 2. The van der Waals surface area contributed by atoms with Crippen LogP contribution < -0.4 is 9.04 Å². The molecule has 0 saturated carbocycles. The van der Waals surface area contributed by atoms with Crippen LogP contribution in [-0.2, 0) is 20.8 Å². The largest absolute Gasteiger partial charge is 0.755 e. The number of urea groups is 1. The number of carboxylic acids is 1. The first-order valence-corrected chi connectivity index (χ1v) is 12.4. The lowest BCUT2D eigenvalue weighted by Gasteiger charge is -2.47. The lowest BCUT2D eigenvalue weighted by molar-refractivity contribution is -0.144. The van der Waals surface area contributed by atoms with E-state index in [1.165, 1.54) is 0 Å². The van der Waals surface area contributed by atoms with Gasteiger partial charge in [0.2, 0.25) is 0 Å². The molecule has 1 unspecified atom stereocenters. The number of ether oxygens (including phenoxy) is 2. The zero-order chi connectivity index (χ0) is 25.0. The maximum atomic E-state index is 12.8. The summed E-state index contributed by atoms with van der Waals surface area (Å²) in [6.07, 6.45) is -0.0424. The van der Waals surface area contributed by atoms with Crippen molar-refractivity contribution in [2.75, 3.05) is 50.8 Å². The minimum absolute atomic E-state index is 0.0212. The lowest BCUT2D eigenvalue weighted by atomic mass is 9.87. The number of benzene rings is 2. The highest BCUT2D eigenvalue weighted by Gasteiger charge is 2.49. The predicted molar refractivity (Wildman–Crippen MR) is 129 cm³/mol. The average Bonchev–Trinajstić information content (AvgIpc) is 2.89. The number of rotatable bonds is 6. The molecule has 4 rings (SSSR count). The van der Waals surface area contributed by atoms with Crippen LogP contribution in [0, 0.1) is 0 Å². The van der Waals surface area contributed by atoms with E-state index in [2.05, 4.69) is 0 Å². The lowest BCUT2D eigenvalue weighted by Crippen LogP contribution is -2.62. The highest BCUT2D eigenvalue weighted by molar-refractivity contribution is 7.80. The first-order valence-electron chi connectivity index (χ1n) is 11.3. The molecule has 2 amide bonds. The van der Waals surface area contributed by atoms with Crippen LogP contribution in [0.2, 0.25) is 0 Å². The van der Waals surface area contributed by atoms with Crippen molar-refractivity contribution in [1.82, 2.24) is 9.80 Å².